The third-order valence-corrected chi connectivity index (χ3v) is 11.0. The minimum atomic E-state index is -1.13. The van der Waals surface area contributed by atoms with Gasteiger partial charge in [-0.3, -0.25) is 4.79 Å². The van der Waals surface area contributed by atoms with Gasteiger partial charge in [-0.05, 0) is 110 Å². The fourth-order valence-electron chi connectivity index (χ4n) is 7.73. The van der Waals surface area contributed by atoms with E-state index < -0.39 is 24.1 Å². The van der Waals surface area contributed by atoms with Gasteiger partial charge in [0.1, 0.15) is 24.1 Å². The summed E-state index contributed by atoms with van der Waals surface area (Å²) in [5.41, 5.74) is 12.9. The number of benzene rings is 6. The van der Waals surface area contributed by atoms with Crippen LogP contribution in [0.15, 0.2) is 133 Å². The predicted octanol–water partition coefficient (Wildman–Crippen LogP) is 10.3. The van der Waals surface area contributed by atoms with Gasteiger partial charge in [-0.25, -0.2) is 9.59 Å². The largest absolute Gasteiger partial charge is 0.508 e. The van der Waals surface area contributed by atoms with Crippen LogP contribution in [0.1, 0.15) is 60.1 Å². The lowest BCUT2D eigenvalue weighted by Gasteiger charge is -2.18. The number of alkyl carbamates (subject to hydrolysis) is 1. The van der Waals surface area contributed by atoms with Crippen molar-refractivity contribution in [3.05, 3.63) is 167 Å². The summed E-state index contributed by atoms with van der Waals surface area (Å²) in [6, 6.07) is 42.1. The van der Waals surface area contributed by atoms with Crippen molar-refractivity contribution in [3.8, 4) is 44.9 Å². The van der Waals surface area contributed by atoms with Gasteiger partial charge < -0.3 is 30.1 Å². The molecule has 6 aromatic rings. The van der Waals surface area contributed by atoms with Crippen molar-refractivity contribution < 1.29 is 39.2 Å². The van der Waals surface area contributed by atoms with Crippen molar-refractivity contribution in [2.75, 3.05) is 13.7 Å². The third-order valence-electron chi connectivity index (χ3n) is 11.0. The summed E-state index contributed by atoms with van der Waals surface area (Å²) >= 11 is 0. The number of ether oxygens (including phenoxy) is 2. The molecule has 4 N–H and O–H groups in total. The van der Waals surface area contributed by atoms with E-state index in [-0.39, 0.29) is 30.6 Å². The zero-order chi connectivity index (χ0) is 42.8. The van der Waals surface area contributed by atoms with E-state index in [0.717, 1.165) is 74.2 Å². The summed E-state index contributed by atoms with van der Waals surface area (Å²) in [5, 5.41) is 31.0. The maximum Gasteiger partial charge on any atom is 0.407 e. The summed E-state index contributed by atoms with van der Waals surface area (Å²) in [6.07, 6.45) is 1.63. The van der Waals surface area contributed by atoms with Crippen LogP contribution in [0.4, 0.5) is 4.79 Å². The van der Waals surface area contributed by atoms with E-state index in [1.165, 1.54) is 11.1 Å². The van der Waals surface area contributed by atoms with Crippen LogP contribution in [0.5, 0.6) is 11.5 Å². The molecule has 1 amide bonds. The number of carboxylic acid groups (broad SMARTS) is 2. The van der Waals surface area contributed by atoms with E-state index in [1.807, 2.05) is 91.9 Å². The Hall–Kier alpha value is -6.87. The van der Waals surface area contributed by atoms with Gasteiger partial charge in [0.2, 0.25) is 0 Å². The maximum absolute atomic E-state index is 12.6. The number of aromatic hydroxyl groups is 1. The maximum atomic E-state index is 12.6. The van der Waals surface area contributed by atoms with Gasteiger partial charge in [-0.15, -0.1) is 0 Å². The van der Waals surface area contributed by atoms with Crippen LogP contribution in [0.25, 0.3) is 33.4 Å². The predicted molar refractivity (Wildman–Crippen MR) is 235 cm³/mol. The van der Waals surface area contributed by atoms with E-state index in [0.29, 0.717) is 6.42 Å². The Morgan fingerprint density at radius 2 is 1.15 bits per heavy atom. The number of aryl methyl sites for hydroxylation is 2. The van der Waals surface area contributed by atoms with E-state index >= 15 is 0 Å². The number of methoxy groups -OCH3 is 1. The SMILES string of the molecule is CCc1cc(O)ccc1-c1ccc(C[C@H](NC(=O)OCC2c3ccccc3-c3ccccc32)C(=O)O)cc1.CCc1cc(OC)ccc1-c1ccc(C[C@H](C)C(=O)O)cc1. The van der Waals surface area contributed by atoms with Gasteiger partial charge in [0.25, 0.3) is 0 Å². The number of nitrogens with one attached hydrogen (secondary N) is 1. The molecule has 0 aromatic heterocycles. The highest BCUT2D eigenvalue weighted by atomic mass is 16.5. The lowest BCUT2D eigenvalue weighted by Crippen LogP contribution is -2.42. The summed E-state index contributed by atoms with van der Waals surface area (Å²) in [5.74, 6) is -1.25. The van der Waals surface area contributed by atoms with Gasteiger partial charge in [-0.1, -0.05) is 130 Å². The number of carbonyl (C=O) groups excluding carboxylic acids is 1. The second-order valence-electron chi connectivity index (χ2n) is 15.0. The van der Waals surface area contributed by atoms with Crippen molar-refractivity contribution in [1.82, 2.24) is 5.32 Å². The molecule has 2 atom stereocenters. The Kier molecular flexibility index (Phi) is 14.0. The molecule has 1 aliphatic rings. The zero-order valence-electron chi connectivity index (χ0n) is 34.4. The number of rotatable bonds is 14. The summed E-state index contributed by atoms with van der Waals surface area (Å²) < 4.78 is 10.8. The zero-order valence-corrected chi connectivity index (χ0v) is 34.4. The van der Waals surface area contributed by atoms with E-state index in [1.54, 1.807) is 26.2 Å². The number of hydrogen-bond donors (Lipinski definition) is 4. The molecular formula is C51H51NO8. The van der Waals surface area contributed by atoms with Gasteiger partial charge in [0.05, 0.1) is 13.0 Å². The van der Waals surface area contributed by atoms with E-state index in [4.69, 9.17) is 14.6 Å². The van der Waals surface area contributed by atoms with Gasteiger partial charge in [0, 0.05) is 12.3 Å². The standard InChI is InChI=1S/C32H29NO5.C19H22O3/c1-2-21-18-23(34)15-16-24(21)22-13-11-20(12-14-22)17-30(31(35)36)33-32(37)38-19-29-27-9-5-3-7-25(27)26-8-4-6-10-28(26)29;1-4-15-12-17(22-3)9-10-18(15)16-7-5-14(6-8-16)11-13(2)19(20)21/h3-16,18,29-30,34H,2,17,19H2,1H3,(H,33,37)(H,35,36);5-10,12-13H,4,11H2,1-3H3,(H,20,21)/t30-;13-/m00/s1. The van der Waals surface area contributed by atoms with E-state index in [9.17, 15) is 24.6 Å². The number of hydrogen-bond acceptors (Lipinski definition) is 6. The fraction of sp³-hybridized carbons (Fsp3) is 0.235. The van der Waals surface area contributed by atoms with Crippen LogP contribution >= 0.6 is 0 Å². The number of phenolic OH excluding ortho intramolecular Hbond substituents is 1. The Labute approximate surface area is 351 Å². The molecule has 0 spiro atoms. The Morgan fingerprint density at radius 1 is 0.633 bits per heavy atom. The first-order chi connectivity index (χ1) is 29.0. The molecule has 7 rings (SSSR count). The molecule has 0 bridgehead atoms. The number of phenols is 1. The van der Waals surface area contributed by atoms with Crippen LogP contribution in [0.3, 0.4) is 0 Å². The molecular weight excluding hydrogens is 755 g/mol. The first kappa shape index (κ1) is 42.7. The monoisotopic (exact) mass is 805 g/mol. The Bertz CT molecular complexity index is 2390. The number of amides is 1. The molecule has 1 aliphatic carbocycles. The highest BCUT2D eigenvalue weighted by Gasteiger charge is 2.30. The second-order valence-corrected chi connectivity index (χ2v) is 15.0. The lowest BCUT2D eigenvalue weighted by molar-refractivity contribution is -0.141. The lowest BCUT2D eigenvalue weighted by atomic mass is 9.95. The van der Waals surface area contributed by atoms with Crippen molar-refractivity contribution in [2.24, 2.45) is 5.92 Å². The topological polar surface area (TPSA) is 142 Å². The van der Waals surface area contributed by atoms with Crippen molar-refractivity contribution >= 4 is 18.0 Å². The first-order valence-electron chi connectivity index (χ1n) is 20.2. The highest BCUT2D eigenvalue weighted by molar-refractivity contribution is 5.81. The van der Waals surface area contributed by atoms with Crippen LogP contribution in [-0.2, 0) is 40.0 Å². The molecule has 0 unspecified atom stereocenters. The minimum absolute atomic E-state index is 0.100. The average molecular weight is 806 g/mol. The average Bonchev–Trinajstić information content (AvgIpc) is 3.59. The summed E-state index contributed by atoms with van der Waals surface area (Å²) in [4.78, 5) is 35.5. The molecule has 0 saturated carbocycles. The second kappa shape index (κ2) is 19.7. The van der Waals surface area contributed by atoms with Crippen LogP contribution < -0.4 is 10.1 Å². The fourth-order valence-corrected chi connectivity index (χ4v) is 7.73. The Balaban J connectivity index is 0.000000233. The molecule has 0 heterocycles. The quantitative estimate of drug-likeness (QED) is 0.0852. The molecule has 308 valence electrons. The number of carbonyl (C=O) groups is 3. The molecule has 9 heteroatoms. The molecule has 9 nitrogen and oxygen atoms in total. The van der Waals surface area contributed by atoms with Crippen LogP contribution in [0.2, 0.25) is 0 Å². The number of fused-ring (bicyclic) bond motifs is 3. The van der Waals surface area contributed by atoms with Crippen molar-refractivity contribution in [3.63, 3.8) is 0 Å². The number of aliphatic carboxylic acids is 2. The first-order valence-corrected chi connectivity index (χ1v) is 20.2. The van der Waals surface area contributed by atoms with Gasteiger partial charge in [0.15, 0.2) is 0 Å². The molecule has 6 aromatic carbocycles. The molecule has 0 radical (unpaired) electrons. The molecule has 60 heavy (non-hydrogen) atoms. The normalized spacial score (nSPS) is 12.5. The molecule has 0 aliphatic heterocycles. The molecule has 0 fully saturated rings. The van der Waals surface area contributed by atoms with E-state index in [2.05, 4.69) is 48.6 Å². The number of carboxylic acids is 2. The summed E-state index contributed by atoms with van der Waals surface area (Å²) in [6.45, 7) is 6.00. The van der Waals surface area contributed by atoms with Crippen LogP contribution in [-0.4, -0.2) is 53.1 Å². The third kappa shape index (κ3) is 10.2. The van der Waals surface area contributed by atoms with Crippen LogP contribution in [0, 0.1) is 5.92 Å². The highest BCUT2D eigenvalue weighted by Crippen LogP contribution is 2.44. The molecule has 0 saturated heterocycles. The summed E-state index contributed by atoms with van der Waals surface area (Å²) in [7, 11) is 1.67. The van der Waals surface area contributed by atoms with Gasteiger partial charge in [-0.2, -0.15) is 0 Å². The van der Waals surface area contributed by atoms with Gasteiger partial charge >= 0.3 is 18.0 Å². The van der Waals surface area contributed by atoms with Crippen molar-refractivity contribution in [1.29, 1.82) is 0 Å². The Morgan fingerprint density at radius 3 is 1.67 bits per heavy atom. The van der Waals surface area contributed by atoms with Crippen molar-refractivity contribution in [2.45, 2.75) is 58.4 Å². The smallest absolute Gasteiger partial charge is 0.407 e. The minimum Gasteiger partial charge on any atom is -0.508 e.